The fourth-order valence-electron chi connectivity index (χ4n) is 3.99. The fourth-order valence-corrected chi connectivity index (χ4v) is 4.71. The van der Waals surface area contributed by atoms with Crippen molar-refractivity contribution in [3.8, 4) is 0 Å². The Hall–Kier alpha value is -0.350. The highest BCUT2D eigenvalue weighted by molar-refractivity contribution is 9.10. The molecule has 18 heavy (non-hydrogen) atoms. The average molecular weight is 313 g/mol. The highest BCUT2D eigenvalue weighted by atomic mass is 79.9. The van der Waals surface area contributed by atoms with Gasteiger partial charge in [0.15, 0.2) is 0 Å². The molecule has 1 heterocycles. The first-order valence-electron chi connectivity index (χ1n) is 6.95. The van der Waals surface area contributed by atoms with E-state index in [0.717, 1.165) is 23.0 Å². The molecule has 2 saturated carbocycles. The zero-order chi connectivity index (χ0) is 12.8. The van der Waals surface area contributed by atoms with E-state index in [2.05, 4.69) is 21.0 Å². The molecule has 2 aliphatic carbocycles. The first-order valence-corrected chi connectivity index (χ1v) is 7.74. The van der Waals surface area contributed by atoms with Crippen LogP contribution in [0.5, 0.6) is 0 Å². The van der Waals surface area contributed by atoms with Crippen LogP contribution >= 0.6 is 15.9 Å². The summed E-state index contributed by atoms with van der Waals surface area (Å²) in [5.41, 5.74) is 0.824. The van der Waals surface area contributed by atoms with Gasteiger partial charge in [0.05, 0.1) is 16.4 Å². The van der Waals surface area contributed by atoms with Crippen LogP contribution in [0.1, 0.15) is 57.1 Å². The van der Waals surface area contributed by atoms with Crippen molar-refractivity contribution in [3.63, 3.8) is 0 Å². The molecule has 0 amide bonds. The normalized spacial score (nSPS) is 25.7. The fraction of sp³-hybridized carbons (Fsp3) is 0.786. The molecule has 1 aromatic rings. The van der Waals surface area contributed by atoms with Gasteiger partial charge in [-0.25, -0.2) is 0 Å². The van der Waals surface area contributed by atoms with Crippen LogP contribution in [0.3, 0.4) is 0 Å². The van der Waals surface area contributed by atoms with E-state index in [-0.39, 0.29) is 0 Å². The minimum absolute atomic E-state index is 0.553. The Bertz CT molecular complexity index is 419. The predicted molar refractivity (Wildman–Crippen MR) is 74.2 cm³/mol. The Kier molecular flexibility index (Phi) is 3.06. The first kappa shape index (κ1) is 12.7. The van der Waals surface area contributed by atoms with Gasteiger partial charge in [0.25, 0.3) is 0 Å². The molecule has 1 aromatic heterocycles. The van der Waals surface area contributed by atoms with Crippen molar-refractivity contribution in [2.75, 3.05) is 0 Å². The van der Waals surface area contributed by atoms with Crippen molar-refractivity contribution in [2.45, 2.75) is 57.0 Å². The monoisotopic (exact) mass is 312 g/mol. The van der Waals surface area contributed by atoms with Crippen LogP contribution in [0.4, 0.5) is 0 Å². The minimum atomic E-state index is -0.683. The summed E-state index contributed by atoms with van der Waals surface area (Å²) >= 11 is 3.52. The molecule has 0 unspecified atom stereocenters. The smallest absolute Gasteiger partial charge is 0.107 e. The standard InChI is InChI=1S/C14H21BrN2O/c1-17-12(11(15)10-16-17)14(18)8-6-13(7-9-14)4-2-3-5-13/h10,18H,2-9H2,1H3. The Morgan fingerprint density at radius 1 is 1.17 bits per heavy atom. The molecule has 1 N–H and O–H groups in total. The number of aryl methyl sites for hydroxylation is 1. The Morgan fingerprint density at radius 2 is 1.78 bits per heavy atom. The maximum atomic E-state index is 10.9. The van der Waals surface area contributed by atoms with Gasteiger partial charge in [-0.15, -0.1) is 0 Å². The zero-order valence-corrected chi connectivity index (χ0v) is 12.5. The van der Waals surface area contributed by atoms with Crippen LogP contribution in [-0.4, -0.2) is 14.9 Å². The number of rotatable bonds is 1. The second-order valence-electron chi connectivity index (χ2n) is 6.20. The van der Waals surface area contributed by atoms with E-state index in [0.29, 0.717) is 5.41 Å². The van der Waals surface area contributed by atoms with Crippen molar-refractivity contribution < 1.29 is 5.11 Å². The molecular weight excluding hydrogens is 292 g/mol. The van der Waals surface area contributed by atoms with Gasteiger partial charge >= 0.3 is 0 Å². The van der Waals surface area contributed by atoms with E-state index in [1.807, 2.05) is 11.7 Å². The number of hydrogen-bond donors (Lipinski definition) is 1. The molecule has 3 rings (SSSR count). The maximum Gasteiger partial charge on any atom is 0.107 e. The zero-order valence-electron chi connectivity index (χ0n) is 11.0. The number of hydrogen-bond acceptors (Lipinski definition) is 2. The minimum Gasteiger partial charge on any atom is -0.384 e. The van der Waals surface area contributed by atoms with E-state index >= 15 is 0 Å². The van der Waals surface area contributed by atoms with Gasteiger partial charge in [0, 0.05) is 7.05 Å². The molecule has 0 saturated heterocycles. The van der Waals surface area contributed by atoms with Gasteiger partial charge in [0.2, 0.25) is 0 Å². The van der Waals surface area contributed by atoms with Gasteiger partial charge < -0.3 is 5.11 Å². The van der Waals surface area contributed by atoms with Crippen LogP contribution in [0, 0.1) is 5.41 Å². The summed E-state index contributed by atoms with van der Waals surface area (Å²) in [7, 11) is 1.91. The van der Waals surface area contributed by atoms with Crippen molar-refractivity contribution in [2.24, 2.45) is 12.5 Å². The molecule has 4 heteroatoms. The molecule has 0 aromatic carbocycles. The largest absolute Gasteiger partial charge is 0.384 e. The van der Waals surface area contributed by atoms with E-state index < -0.39 is 5.60 Å². The van der Waals surface area contributed by atoms with Crippen LogP contribution in [0.2, 0.25) is 0 Å². The van der Waals surface area contributed by atoms with Crippen LogP contribution in [-0.2, 0) is 12.6 Å². The van der Waals surface area contributed by atoms with Gasteiger partial charge in [-0.2, -0.15) is 5.10 Å². The number of nitrogens with zero attached hydrogens (tertiary/aromatic N) is 2. The first-order chi connectivity index (χ1) is 8.55. The second-order valence-corrected chi connectivity index (χ2v) is 7.06. The summed E-state index contributed by atoms with van der Waals surface area (Å²) in [4.78, 5) is 0. The van der Waals surface area contributed by atoms with Crippen molar-refractivity contribution in [3.05, 3.63) is 16.4 Å². The lowest BCUT2D eigenvalue weighted by atomic mass is 9.67. The molecule has 100 valence electrons. The third-order valence-electron chi connectivity index (χ3n) is 5.14. The van der Waals surface area contributed by atoms with Gasteiger partial charge in [-0.3, -0.25) is 4.68 Å². The topological polar surface area (TPSA) is 38.0 Å². The number of aromatic nitrogens is 2. The summed E-state index contributed by atoms with van der Waals surface area (Å²) in [6.07, 6.45) is 11.4. The van der Waals surface area contributed by atoms with Crippen molar-refractivity contribution in [1.29, 1.82) is 0 Å². The quantitative estimate of drug-likeness (QED) is 0.861. The Labute approximate surface area is 117 Å². The third-order valence-corrected chi connectivity index (χ3v) is 5.72. The van der Waals surface area contributed by atoms with Crippen molar-refractivity contribution >= 4 is 15.9 Å². The highest BCUT2D eigenvalue weighted by Crippen LogP contribution is 2.54. The number of aliphatic hydroxyl groups is 1. The molecule has 0 atom stereocenters. The lowest BCUT2D eigenvalue weighted by Gasteiger charge is -2.42. The lowest BCUT2D eigenvalue weighted by Crippen LogP contribution is -2.37. The predicted octanol–water partition coefficient (Wildman–Crippen LogP) is 3.50. The molecule has 1 spiro atoms. The molecule has 0 aliphatic heterocycles. The Morgan fingerprint density at radius 3 is 2.28 bits per heavy atom. The van der Waals surface area contributed by atoms with E-state index in [1.54, 1.807) is 6.20 Å². The Balaban J connectivity index is 1.82. The van der Waals surface area contributed by atoms with Gasteiger partial charge in [-0.05, 0) is 59.9 Å². The summed E-state index contributed by atoms with van der Waals surface area (Å²) < 4.78 is 2.76. The van der Waals surface area contributed by atoms with Gasteiger partial charge in [0.1, 0.15) is 5.60 Å². The third kappa shape index (κ3) is 1.94. The van der Waals surface area contributed by atoms with Crippen LogP contribution in [0.25, 0.3) is 0 Å². The van der Waals surface area contributed by atoms with E-state index in [9.17, 15) is 5.11 Å². The number of halogens is 1. The molecular formula is C14H21BrN2O. The van der Waals surface area contributed by atoms with Crippen LogP contribution < -0.4 is 0 Å². The van der Waals surface area contributed by atoms with Crippen molar-refractivity contribution in [1.82, 2.24) is 9.78 Å². The highest BCUT2D eigenvalue weighted by Gasteiger charge is 2.45. The lowest BCUT2D eigenvalue weighted by molar-refractivity contribution is -0.0439. The van der Waals surface area contributed by atoms with Gasteiger partial charge in [-0.1, -0.05) is 12.8 Å². The second kappa shape index (κ2) is 4.34. The summed E-state index contributed by atoms with van der Waals surface area (Å²) in [5.74, 6) is 0. The molecule has 2 aliphatic rings. The van der Waals surface area contributed by atoms with E-state index in [1.165, 1.54) is 38.5 Å². The SMILES string of the molecule is Cn1ncc(Br)c1C1(O)CCC2(CCCC2)CC1. The molecule has 0 radical (unpaired) electrons. The molecule has 3 nitrogen and oxygen atoms in total. The summed E-state index contributed by atoms with van der Waals surface area (Å²) in [6.45, 7) is 0. The summed E-state index contributed by atoms with van der Waals surface area (Å²) in [6, 6.07) is 0. The summed E-state index contributed by atoms with van der Waals surface area (Å²) in [5, 5.41) is 15.2. The average Bonchev–Trinajstić information content (AvgIpc) is 2.93. The molecule has 0 bridgehead atoms. The van der Waals surface area contributed by atoms with E-state index in [4.69, 9.17) is 0 Å². The maximum absolute atomic E-state index is 10.9. The van der Waals surface area contributed by atoms with Crippen LogP contribution in [0.15, 0.2) is 10.7 Å². The molecule has 2 fully saturated rings.